The minimum Gasteiger partial charge on any atom is -0.309 e. The van der Waals surface area contributed by atoms with Gasteiger partial charge in [-0.15, -0.1) is 0 Å². The lowest BCUT2D eigenvalue weighted by Crippen LogP contribution is -2.16. The monoisotopic (exact) mass is 372 g/mol. The van der Waals surface area contributed by atoms with Crippen LogP contribution in [0.25, 0.3) is 5.31 Å². The normalized spacial score (nSPS) is 12.0. The van der Waals surface area contributed by atoms with Crippen molar-refractivity contribution in [1.29, 1.82) is 0 Å². The lowest BCUT2D eigenvalue weighted by Gasteiger charge is -2.22. The molecule has 0 amide bonds. The molecule has 0 atom stereocenters. The van der Waals surface area contributed by atoms with Crippen molar-refractivity contribution in [2.75, 3.05) is 0 Å². The zero-order valence-corrected chi connectivity index (χ0v) is 14.7. The van der Waals surface area contributed by atoms with Gasteiger partial charge in [-0.2, -0.15) is 13.2 Å². The Morgan fingerprint density at radius 1 is 0.731 bits per heavy atom. The molecule has 0 radical (unpaired) electrons. The van der Waals surface area contributed by atoms with Gasteiger partial charge in [0.2, 0.25) is 0 Å². The second-order valence-electron chi connectivity index (χ2n) is 5.80. The summed E-state index contributed by atoms with van der Waals surface area (Å²) >= 11 is 0. The summed E-state index contributed by atoms with van der Waals surface area (Å²) in [7, 11) is -3.27. The lowest BCUT2D eigenvalue weighted by atomic mass is 10.1. The van der Waals surface area contributed by atoms with Crippen LogP contribution >= 0.6 is 7.14 Å². The maximum Gasteiger partial charge on any atom is 0.416 e. The molecular weight excluding hydrogens is 356 g/mol. The Morgan fingerprint density at radius 2 is 1.15 bits per heavy atom. The van der Waals surface area contributed by atoms with Crippen molar-refractivity contribution in [2.24, 2.45) is 0 Å². The number of rotatable bonds is 4. The summed E-state index contributed by atoms with van der Waals surface area (Å²) in [6.45, 7) is 4.00. The van der Waals surface area contributed by atoms with Crippen molar-refractivity contribution in [2.45, 2.75) is 6.18 Å². The highest BCUT2D eigenvalue weighted by Crippen LogP contribution is 2.55. The number of halogens is 3. The van der Waals surface area contributed by atoms with Crippen molar-refractivity contribution in [1.82, 2.24) is 0 Å². The molecule has 3 aromatic rings. The highest BCUT2D eigenvalue weighted by atomic mass is 31.2. The lowest BCUT2D eigenvalue weighted by molar-refractivity contribution is -0.137. The van der Waals surface area contributed by atoms with Crippen molar-refractivity contribution in [3.8, 4) is 0 Å². The molecule has 0 N–H and O–H groups in total. The zero-order valence-electron chi connectivity index (χ0n) is 13.8. The van der Waals surface area contributed by atoms with E-state index in [1.54, 1.807) is 48.5 Å². The Labute approximate surface area is 150 Å². The average molecular weight is 372 g/mol. The molecule has 0 unspecified atom stereocenters. The summed E-state index contributed by atoms with van der Waals surface area (Å²) in [4.78, 5) is 0. The molecule has 0 aromatic heterocycles. The van der Waals surface area contributed by atoms with Crippen LogP contribution in [0.3, 0.4) is 0 Å². The minimum atomic E-state index is -4.41. The van der Waals surface area contributed by atoms with Gasteiger partial charge in [-0.25, -0.2) is 0 Å². The fraction of sp³-hybridized carbons (Fsp3) is 0.0476. The first-order valence-corrected chi connectivity index (χ1v) is 9.62. The molecule has 0 aliphatic heterocycles. The smallest absolute Gasteiger partial charge is 0.309 e. The Hall–Kier alpha value is -2.58. The van der Waals surface area contributed by atoms with Crippen molar-refractivity contribution < 1.29 is 17.7 Å². The molecular formula is C21H16F3OP. The molecule has 0 bridgehead atoms. The summed E-state index contributed by atoms with van der Waals surface area (Å²) in [5.41, 5.74) is -0.322. The molecule has 132 valence electrons. The maximum absolute atomic E-state index is 14.1. The number of hydrogen-bond donors (Lipinski definition) is 0. The molecule has 0 aliphatic rings. The molecule has 0 fully saturated rings. The molecule has 3 aromatic carbocycles. The SMILES string of the molecule is C=C(c1ccc(C(F)(F)F)cc1)P(=O)(c1ccccc1)c1ccccc1. The van der Waals surface area contributed by atoms with Crippen molar-refractivity contribution >= 4 is 23.1 Å². The molecule has 0 heterocycles. The predicted octanol–water partition coefficient (Wildman–Crippen LogP) is 5.69. The van der Waals surface area contributed by atoms with E-state index >= 15 is 0 Å². The highest BCUT2D eigenvalue weighted by Gasteiger charge is 2.33. The third-order valence-electron chi connectivity index (χ3n) is 4.17. The summed E-state index contributed by atoms with van der Waals surface area (Å²) in [6, 6.07) is 22.4. The molecule has 26 heavy (non-hydrogen) atoms. The van der Waals surface area contributed by atoms with Crippen LogP contribution in [0.5, 0.6) is 0 Å². The predicted molar refractivity (Wildman–Crippen MR) is 100 cm³/mol. The fourth-order valence-electron chi connectivity index (χ4n) is 2.77. The number of benzene rings is 3. The Balaban J connectivity index is 2.11. The summed E-state index contributed by atoms with van der Waals surface area (Å²) < 4.78 is 52.5. The van der Waals surface area contributed by atoms with Crippen LogP contribution in [0.2, 0.25) is 0 Å². The second kappa shape index (κ2) is 6.97. The number of hydrogen-bond acceptors (Lipinski definition) is 1. The maximum atomic E-state index is 14.1. The van der Waals surface area contributed by atoms with E-state index in [0.717, 1.165) is 12.1 Å². The van der Waals surface area contributed by atoms with Crippen LogP contribution in [0.15, 0.2) is 91.5 Å². The van der Waals surface area contributed by atoms with Crippen molar-refractivity contribution in [3.63, 3.8) is 0 Å². The van der Waals surface area contributed by atoms with E-state index in [4.69, 9.17) is 0 Å². The van der Waals surface area contributed by atoms with Crippen LogP contribution in [0.4, 0.5) is 13.2 Å². The van der Waals surface area contributed by atoms with Gasteiger partial charge in [0.1, 0.15) is 0 Å². The van der Waals surface area contributed by atoms with Gasteiger partial charge in [-0.05, 0) is 17.7 Å². The van der Waals surface area contributed by atoms with Gasteiger partial charge in [0.25, 0.3) is 0 Å². The van der Waals surface area contributed by atoms with Gasteiger partial charge >= 0.3 is 6.18 Å². The molecule has 0 spiro atoms. The molecule has 0 saturated carbocycles. The van der Waals surface area contributed by atoms with Crippen LogP contribution in [-0.2, 0) is 10.7 Å². The van der Waals surface area contributed by atoms with Crippen LogP contribution in [0.1, 0.15) is 11.1 Å². The zero-order chi connectivity index (χ0) is 18.8. The van der Waals surface area contributed by atoms with Crippen LogP contribution in [-0.4, -0.2) is 0 Å². The van der Waals surface area contributed by atoms with Gasteiger partial charge in [-0.3, -0.25) is 0 Å². The highest BCUT2D eigenvalue weighted by molar-refractivity contribution is 7.87. The van der Waals surface area contributed by atoms with Crippen LogP contribution in [0, 0.1) is 0 Å². The van der Waals surface area contributed by atoms with E-state index in [2.05, 4.69) is 6.58 Å². The molecule has 0 saturated heterocycles. The van der Waals surface area contributed by atoms with Crippen LogP contribution < -0.4 is 10.6 Å². The third kappa shape index (κ3) is 3.38. The average Bonchev–Trinajstić information content (AvgIpc) is 2.67. The van der Waals surface area contributed by atoms with E-state index in [-0.39, 0.29) is 0 Å². The number of alkyl halides is 3. The van der Waals surface area contributed by atoms with Crippen molar-refractivity contribution in [3.05, 3.63) is 103 Å². The van der Waals surface area contributed by atoms with Gasteiger partial charge in [0.05, 0.1) is 5.56 Å². The van der Waals surface area contributed by atoms with E-state index in [0.29, 0.717) is 21.5 Å². The van der Waals surface area contributed by atoms with E-state index in [1.165, 1.54) is 12.1 Å². The van der Waals surface area contributed by atoms with E-state index in [1.807, 2.05) is 12.1 Å². The standard InChI is InChI=1S/C21H16F3OP/c1-16(17-12-14-18(15-13-17)21(22,23)24)26(25,19-8-4-2-5-9-19)20-10-6-3-7-11-20/h2-15H,1H2. The van der Waals surface area contributed by atoms with Gasteiger partial charge in [0.15, 0.2) is 7.14 Å². The van der Waals surface area contributed by atoms with E-state index < -0.39 is 18.9 Å². The Bertz CT molecular complexity index is 903. The summed E-state index contributed by atoms with van der Waals surface area (Å²) in [5, 5.41) is 1.50. The first-order valence-electron chi connectivity index (χ1n) is 7.92. The molecule has 3 rings (SSSR count). The van der Waals surface area contributed by atoms with Gasteiger partial charge < -0.3 is 4.57 Å². The Morgan fingerprint density at radius 3 is 1.54 bits per heavy atom. The first kappa shape index (κ1) is 18.2. The summed E-state index contributed by atoms with van der Waals surface area (Å²) in [6.07, 6.45) is -4.41. The fourth-order valence-corrected chi connectivity index (χ4v) is 5.39. The second-order valence-corrected chi connectivity index (χ2v) is 8.59. The van der Waals surface area contributed by atoms with Gasteiger partial charge in [0, 0.05) is 15.9 Å². The Kier molecular flexibility index (Phi) is 4.88. The quantitative estimate of drug-likeness (QED) is 0.538. The third-order valence-corrected chi connectivity index (χ3v) is 7.23. The van der Waals surface area contributed by atoms with Gasteiger partial charge in [-0.1, -0.05) is 79.4 Å². The minimum absolute atomic E-state index is 0.309. The molecule has 0 aliphatic carbocycles. The summed E-state index contributed by atoms with van der Waals surface area (Å²) in [5.74, 6) is 0. The molecule has 5 heteroatoms. The largest absolute Gasteiger partial charge is 0.416 e. The molecule has 1 nitrogen and oxygen atoms in total. The first-order chi connectivity index (χ1) is 12.3. The van der Waals surface area contributed by atoms with E-state index in [9.17, 15) is 17.7 Å². The topological polar surface area (TPSA) is 17.1 Å².